The third-order valence-corrected chi connectivity index (χ3v) is 4.64. The van der Waals surface area contributed by atoms with E-state index in [1.165, 1.54) is 25.7 Å². The van der Waals surface area contributed by atoms with E-state index in [0.717, 1.165) is 23.1 Å². The number of carbonyl (C=O) groups excluding carboxylic acids is 1. The SMILES string of the molecule is CC(C)(C(=O)Cc1cncc(Br)c1)N1CCCCCC1. The maximum Gasteiger partial charge on any atom is 0.156 e. The molecule has 4 heteroatoms. The fraction of sp³-hybridized carbons (Fsp3) is 0.625. The average Bonchev–Trinajstić information content (AvgIpc) is 2.67. The molecule has 0 spiro atoms. The number of rotatable bonds is 4. The van der Waals surface area contributed by atoms with Crippen molar-refractivity contribution >= 4 is 21.7 Å². The van der Waals surface area contributed by atoms with Crippen molar-refractivity contribution in [2.75, 3.05) is 13.1 Å². The molecule has 1 aliphatic heterocycles. The first kappa shape index (κ1) is 15.6. The molecule has 0 unspecified atom stereocenters. The zero-order valence-corrected chi connectivity index (χ0v) is 13.9. The van der Waals surface area contributed by atoms with Crippen molar-refractivity contribution < 1.29 is 4.79 Å². The van der Waals surface area contributed by atoms with Gasteiger partial charge in [-0.3, -0.25) is 14.7 Å². The Morgan fingerprint density at radius 2 is 1.90 bits per heavy atom. The predicted molar refractivity (Wildman–Crippen MR) is 84.8 cm³/mol. The van der Waals surface area contributed by atoms with Gasteiger partial charge in [0.05, 0.1) is 5.54 Å². The lowest BCUT2D eigenvalue weighted by atomic mass is 9.92. The van der Waals surface area contributed by atoms with E-state index in [1.807, 2.05) is 6.07 Å². The molecule has 0 saturated carbocycles. The van der Waals surface area contributed by atoms with E-state index in [1.54, 1.807) is 12.4 Å². The predicted octanol–water partition coefficient (Wildman–Crippen LogP) is 3.61. The van der Waals surface area contributed by atoms with Gasteiger partial charge in [-0.25, -0.2) is 0 Å². The van der Waals surface area contributed by atoms with E-state index in [0.29, 0.717) is 6.42 Å². The number of carbonyl (C=O) groups is 1. The average molecular weight is 339 g/mol. The standard InChI is InChI=1S/C16H23BrN2O/c1-16(2,19-7-5-3-4-6-8-19)15(20)10-13-9-14(17)12-18-11-13/h9,11-12H,3-8,10H2,1-2H3. The van der Waals surface area contributed by atoms with Crippen LogP contribution in [0.1, 0.15) is 45.1 Å². The molecule has 20 heavy (non-hydrogen) atoms. The summed E-state index contributed by atoms with van der Waals surface area (Å²) in [7, 11) is 0. The van der Waals surface area contributed by atoms with E-state index in [4.69, 9.17) is 0 Å². The Morgan fingerprint density at radius 1 is 1.25 bits per heavy atom. The molecule has 2 heterocycles. The molecule has 1 saturated heterocycles. The van der Waals surface area contributed by atoms with Crippen LogP contribution >= 0.6 is 15.9 Å². The fourth-order valence-electron chi connectivity index (χ4n) is 2.76. The summed E-state index contributed by atoms with van der Waals surface area (Å²) < 4.78 is 0.926. The number of ketones is 1. The highest BCUT2D eigenvalue weighted by atomic mass is 79.9. The van der Waals surface area contributed by atoms with Gasteiger partial charge in [-0.05, 0) is 67.3 Å². The minimum atomic E-state index is -0.382. The highest BCUT2D eigenvalue weighted by Crippen LogP contribution is 2.23. The number of aromatic nitrogens is 1. The van der Waals surface area contributed by atoms with Gasteiger partial charge in [0.2, 0.25) is 0 Å². The largest absolute Gasteiger partial charge is 0.297 e. The second-order valence-electron chi connectivity index (χ2n) is 6.07. The number of halogens is 1. The van der Waals surface area contributed by atoms with Gasteiger partial charge < -0.3 is 0 Å². The minimum Gasteiger partial charge on any atom is -0.297 e. The second-order valence-corrected chi connectivity index (χ2v) is 6.99. The molecule has 0 N–H and O–H groups in total. The van der Waals surface area contributed by atoms with Gasteiger partial charge in [0, 0.05) is 23.3 Å². The van der Waals surface area contributed by atoms with Crippen LogP contribution in [-0.4, -0.2) is 34.3 Å². The molecule has 1 aliphatic rings. The summed E-state index contributed by atoms with van der Waals surface area (Å²) in [6.45, 7) is 6.20. The third kappa shape index (κ3) is 3.89. The van der Waals surface area contributed by atoms with Crippen molar-refractivity contribution in [2.45, 2.75) is 51.5 Å². The first-order chi connectivity index (χ1) is 9.50. The van der Waals surface area contributed by atoms with Gasteiger partial charge in [-0.1, -0.05) is 12.8 Å². The minimum absolute atomic E-state index is 0.277. The molecule has 1 aromatic rings. The molecule has 0 atom stereocenters. The number of hydrogen-bond acceptors (Lipinski definition) is 3. The smallest absolute Gasteiger partial charge is 0.156 e. The van der Waals surface area contributed by atoms with Gasteiger partial charge >= 0.3 is 0 Å². The summed E-state index contributed by atoms with van der Waals surface area (Å²) in [4.78, 5) is 19.2. The monoisotopic (exact) mass is 338 g/mol. The Kier molecular flexibility index (Phi) is 5.33. The first-order valence-electron chi connectivity index (χ1n) is 7.38. The van der Waals surface area contributed by atoms with Crippen LogP contribution in [0, 0.1) is 0 Å². The molecular weight excluding hydrogens is 316 g/mol. The van der Waals surface area contributed by atoms with E-state index in [2.05, 4.69) is 39.7 Å². The maximum atomic E-state index is 12.7. The molecule has 0 aromatic carbocycles. The number of pyridine rings is 1. The number of likely N-dealkylation sites (tertiary alicyclic amines) is 1. The van der Waals surface area contributed by atoms with Crippen molar-refractivity contribution in [1.29, 1.82) is 0 Å². The van der Waals surface area contributed by atoms with Crippen LogP contribution in [0.3, 0.4) is 0 Å². The van der Waals surface area contributed by atoms with Crippen molar-refractivity contribution in [3.63, 3.8) is 0 Å². The molecule has 2 rings (SSSR count). The van der Waals surface area contributed by atoms with Crippen LogP contribution in [0.25, 0.3) is 0 Å². The topological polar surface area (TPSA) is 33.2 Å². The summed E-state index contributed by atoms with van der Waals surface area (Å²) in [5.41, 5.74) is 0.597. The highest BCUT2D eigenvalue weighted by molar-refractivity contribution is 9.10. The second kappa shape index (κ2) is 6.81. The zero-order chi connectivity index (χ0) is 14.6. The molecule has 0 radical (unpaired) electrons. The zero-order valence-electron chi connectivity index (χ0n) is 12.4. The summed E-state index contributed by atoms with van der Waals surface area (Å²) in [5, 5.41) is 0. The van der Waals surface area contributed by atoms with Gasteiger partial charge in [0.15, 0.2) is 5.78 Å². The van der Waals surface area contributed by atoms with E-state index in [9.17, 15) is 4.79 Å². The Balaban J connectivity index is 2.05. The Morgan fingerprint density at radius 3 is 2.50 bits per heavy atom. The lowest BCUT2D eigenvalue weighted by Crippen LogP contribution is -2.51. The van der Waals surface area contributed by atoms with Crippen molar-refractivity contribution in [1.82, 2.24) is 9.88 Å². The van der Waals surface area contributed by atoms with E-state index in [-0.39, 0.29) is 11.3 Å². The van der Waals surface area contributed by atoms with Gasteiger partial charge in [0.25, 0.3) is 0 Å². The van der Waals surface area contributed by atoms with Gasteiger partial charge in [-0.15, -0.1) is 0 Å². The molecule has 110 valence electrons. The Hall–Kier alpha value is -0.740. The third-order valence-electron chi connectivity index (χ3n) is 4.21. The quantitative estimate of drug-likeness (QED) is 0.840. The van der Waals surface area contributed by atoms with E-state index >= 15 is 0 Å². The summed E-state index contributed by atoms with van der Waals surface area (Å²) in [6, 6.07) is 1.98. The van der Waals surface area contributed by atoms with Gasteiger partial charge in [-0.2, -0.15) is 0 Å². The van der Waals surface area contributed by atoms with Crippen LogP contribution in [0.2, 0.25) is 0 Å². The molecule has 0 aliphatic carbocycles. The van der Waals surface area contributed by atoms with Crippen molar-refractivity contribution in [3.05, 3.63) is 28.5 Å². The summed E-state index contributed by atoms with van der Waals surface area (Å²) >= 11 is 3.41. The van der Waals surface area contributed by atoms with Crippen LogP contribution < -0.4 is 0 Å². The van der Waals surface area contributed by atoms with Crippen LogP contribution in [0.5, 0.6) is 0 Å². The summed E-state index contributed by atoms with van der Waals surface area (Å²) in [6.07, 6.45) is 8.96. The van der Waals surface area contributed by atoms with Crippen LogP contribution in [0.15, 0.2) is 22.9 Å². The molecule has 1 fully saturated rings. The van der Waals surface area contributed by atoms with Crippen LogP contribution in [0.4, 0.5) is 0 Å². The van der Waals surface area contributed by atoms with Crippen LogP contribution in [-0.2, 0) is 11.2 Å². The Bertz CT molecular complexity index is 465. The lowest BCUT2D eigenvalue weighted by molar-refractivity contribution is -0.128. The fourth-order valence-corrected chi connectivity index (χ4v) is 3.17. The van der Waals surface area contributed by atoms with Crippen molar-refractivity contribution in [3.8, 4) is 0 Å². The Labute approximate surface area is 129 Å². The lowest BCUT2D eigenvalue weighted by Gasteiger charge is -2.36. The first-order valence-corrected chi connectivity index (χ1v) is 8.17. The number of Topliss-reactive ketones (excluding diaryl/α,β-unsaturated/α-hetero) is 1. The molecule has 0 amide bonds. The molecule has 1 aromatic heterocycles. The molecule has 0 bridgehead atoms. The van der Waals surface area contributed by atoms with Gasteiger partial charge in [0.1, 0.15) is 0 Å². The van der Waals surface area contributed by atoms with Crippen molar-refractivity contribution in [2.24, 2.45) is 0 Å². The number of hydrogen-bond donors (Lipinski definition) is 0. The summed E-state index contributed by atoms with van der Waals surface area (Å²) in [5.74, 6) is 0.277. The molecule has 3 nitrogen and oxygen atoms in total. The highest BCUT2D eigenvalue weighted by Gasteiger charge is 2.34. The molecular formula is C16H23BrN2O. The number of nitrogens with zero attached hydrogens (tertiary/aromatic N) is 2. The maximum absolute atomic E-state index is 12.7. The normalized spacial score (nSPS) is 17.8. The van der Waals surface area contributed by atoms with E-state index < -0.39 is 0 Å².